The molecule has 0 spiro atoms. The van der Waals surface area contributed by atoms with Crippen LogP contribution in [0.15, 0.2) is 16.8 Å². The fraction of sp³-hybridized carbons (Fsp3) is 0.667. The Morgan fingerprint density at radius 2 is 2.47 bits per heavy atom. The third kappa shape index (κ3) is 3.03. The zero-order valence-electron chi connectivity index (χ0n) is 9.24. The second-order valence-corrected chi connectivity index (χ2v) is 4.93. The Labute approximate surface area is 95.6 Å². The molecule has 2 unspecified atom stereocenters. The maximum absolute atomic E-state index is 5.45. The van der Waals surface area contributed by atoms with Crippen LogP contribution in [0.5, 0.6) is 0 Å². The van der Waals surface area contributed by atoms with Crippen molar-refractivity contribution >= 4 is 11.3 Å². The molecule has 3 heteroatoms. The zero-order valence-corrected chi connectivity index (χ0v) is 10.1. The third-order valence-electron chi connectivity index (χ3n) is 3.16. The molecule has 0 saturated heterocycles. The molecule has 1 aromatic heterocycles. The molecule has 2 atom stereocenters. The van der Waals surface area contributed by atoms with Gasteiger partial charge in [-0.15, -0.1) is 0 Å². The number of hydrogen-bond acceptors (Lipinski definition) is 3. The monoisotopic (exact) mass is 225 g/mol. The summed E-state index contributed by atoms with van der Waals surface area (Å²) >= 11 is 1.77. The molecule has 1 aliphatic rings. The average Bonchev–Trinajstić information content (AvgIpc) is 2.88. The van der Waals surface area contributed by atoms with Crippen LogP contribution in [0.1, 0.15) is 24.8 Å². The van der Waals surface area contributed by atoms with Gasteiger partial charge in [0.2, 0.25) is 0 Å². The van der Waals surface area contributed by atoms with E-state index >= 15 is 0 Å². The lowest BCUT2D eigenvalue weighted by Gasteiger charge is -2.19. The van der Waals surface area contributed by atoms with E-state index < -0.39 is 0 Å². The van der Waals surface area contributed by atoms with E-state index in [0.29, 0.717) is 12.1 Å². The third-order valence-corrected chi connectivity index (χ3v) is 3.89. The average molecular weight is 225 g/mol. The van der Waals surface area contributed by atoms with E-state index in [1.807, 2.05) is 7.11 Å². The number of hydrogen-bond donors (Lipinski definition) is 1. The molecule has 0 aromatic carbocycles. The van der Waals surface area contributed by atoms with Gasteiger partial charge in [0.25, 0.3) is 0 Å². The van der Waals surface area contributed by atoms with Crippen LogP contribution in [0.25, 0.3) is 0 Å². The minimum absolute atomic E-state index is 0.437. The molecule has 15 heavy (non-hydrogen) atoms. The fourth-order valence-electron chi connectivity index (χ4n) is 2.28. The van der Waals surface area contributed by atoms with Crippen LogP contribution in [-0.4, -0.2) is 25.8 Å². The van der Waals surface area contributed by atoms with Gasteiger partial charge in [-0.25, -0.2) is 0 Å². The molecule has 1 heterocycles. The minimum atomic E-state index is 0.437. The fourth-order valence-corrected chi connectivity index (χ4v) is 2.98. The van der Waals surface area contributed by atoms with Gasteiger partial charge in [0.15, 0.2) is 0 Å². The van der Waals surface area contributed by atoms with Gasteiger partial charge >= 0.3 is 0 Å². The van der Waals surface area contributed by atoms with Gasteiger partial charge in [0, 0.05) is 13.2 Å². The summed E-state index contributed by atoms with van der Waals surface area (Å²) in [7, 11) is 1.82. The van der Waals surface area contributed by atoms with E-state index in [0.717, 1.165) is 13.0 Å². The summed E-state index contributed by atoms with van der Waals surface area (Å²) in [4.78, 5) is 0. The van der Waals surface area contributed by atoms with Crippen LogP contribution in [0.4, 0.5) is 0 Å². The van der Waals surface area contributed by atoms with Crippen molar-refractivity contribution in [3.63, 3.8) is 0 Å². The lowest BCUT2D eigenvalue weighted by atomic mass is 10.2. The van der Waals surface area contributed by atoms with Gasteiger partial charge in [-0.05, 0) is 54.6 Å². The van der Waals surface area contributed by atoms with Crippen molar-refractivity contribution in [2.75, 3.05) is 13.7 Å². The molecular formula is C12H19NOS. The van der Waals surface area contributed by atoms with Crippen molar-refractivity contribution in [3.05, 3.63) is 22.4 Å². The molecule has 0 radical (unpaired) electrons. The number of ether oxygens (including phenoxy) is 1. The van der Waals surface area contributed by atoms with Crippen LogP contribution < -0.4 is 5.32 Å². The van der Waals surface area contributed by atoms with E-state index in [-0.39, 0.29) is 0 Å². The molecule has 84 valence electrons. The van der Waals surface area contributed by atoms with Crippen LogP contribution in [0.3, 0.4) is 0 Å². The topological polar surface area (TPSA) is 21.3 Å². The zero-order chi connectivity index (χ0) is 10.5. The first kappa shape index (κ1) is 11.1. The minimum Gasteiger partial charge on any atom is -0.380 e. The first-order valence-electron chi connectivity index (χ1n) is 5.67. The molecule has 2 nitrogen and oxygen atoms in total. The van der Waals surface area contributed by atoms with E-state index in [1.54, 1.807) is 11.3 Å². The summed E-state index contributed by atoms with van der Waals surface area (Å²) in [6.45, 7) is 1.07. The van der Waals surface area contributed by atoms with Gasteiger partial charge in [-0.3, -0.25) is 0 Å². The predicted molar refractivity (Wildman–Crippen MR) is 64.5 cm³/mol. The summed E-state index contributed by atoms with van der Waals surface area (Å²) in [6.07, 6.45) is 5.35. The molecule has 0 bridgehead atoms. The van der Waals surface area contributed by atoms with E-state index in [4.69, 9.17) is 4.74 Å². The lowest BCUT2D eigenvalue weighted by molar-refractivity contribution is 0.0854. The normalized spacial score (nSPS) is 25.9. The summed E-state index contributed by atoms with van der Waals surface area (Å²) in [5.41, 5.74) is 1.44. The highest BCUT2D eigenvalue weighted by atomic mass is 32.1. The highest BCUT2D eigenvalue weighted by Gasteiger charge is 2.25. The standard InChI is InChI=1S/C12H19NOS/c1-14-12-4-2-3-11(12)13-7-5-10-6-8-15-9-10/h6,8-9,11-13H,2-5,7H2,1H3. The van der Waals surface area contributed by atoms with Crippen molar-refractivity contribution in [2.24, 2.45) is 0 Å². The number of thiophene rings is 1. The van der Waals surface area contributed by atoms with Crippen molar-refractivity contribution < 1.29 is 4.74 Å². The van der Waals surface area contributed by atoms with Gasteiger partial charge in [0.05, 0.1) is 6.10 Å². The SMILES string of the molecule is COC1CCCC1NCCc1ccsc1. The second-order valence-electron chi connectivity index (χ2n) is 4.15. The Hall–Kier alpha value is -0.380. The molecule has 0 amide bonds. The molecule has 1 fully saturated rings. The quantitative estimate of drug-likeness (QED) is 0.831. The lowest BCUT2D eigenvalue weighted by Crippen LogP contribution is -2.37. The number of nitrogens with one attached hydrogen (secondary N) is 1. The molecule has 1 N–H and O–H groups in total. The summed E-state index contributed by atoms with van der Waals surface area (Å²) in [6, 6.07) is 2.78. The van der Waals surface area contributed by atoms with Crippen LogP contribution in [-0.2, 0) is 11.2 Å². The van der Waals surface area contributed by atoms with Gasteiger partial charge < -0.3 is 10.1 Å². The molecular weight excluding hydrogens is 206 g/mol. The Bertz CT molecular complexity index is 273. The van der Waals surface area contributed by atoms with E-state index in [1.165, 1.54) is 24.8 Å². The second kappa shape index (κ2) is 5.64. The van der Waals surface area contributed by atoms with Crippen molar-refractivity contribution in [2.45, 2.75) is 37.8 Å². The Balaban J connectivity index is 1.69. The molecule has 2 rings (SSSR count). The number of rotatable bonds is 5. The maximum Gasteiger partial charge on any atom is 0.0724 e. The molecule has 1 aromatic rings. The number of methoxy groups -OCH3 is 1. The summed E-state index contributed by atoms with van der Waals surface area (Å²) in [5.74, 6) is 0. The largest absolute Gasteiger partial charge is 0.380 e. The molecule has 0 aliphatic heterocycles. The van der Waals surface area contributed by atoms with E-state index in [2.05, 4.69) is 22.1 Å². The molecule has 1 aliphatic carbocycles. The summed E-state index contributed by atoms with van der Waals surface area (Å²) in [5, 5.41) is 7.97. The highest BCUT2D eigenvalue weighted by molar-refractivity contribution is 7.07. The molecule has 1 saturated carbocycles. The first-order chi connectivity index (χ1) is 7.40. The maximum atomic E-state index is 5.45. The van der Waals surface area contributed by atoms with Crippen molar-refractivity contribution in [1.82, 2.24) is 5.32 Å². The van der Waals surface area contributed by atoms with E-state index in [9.17, 15) is 0 Å². The van der Waals surface area contributed by atoms with Crippen LogP contribution in [0.2, 0.25) is 0 Å². The van der Waals surface area contributed by atoms with Crippen molar-refractivity contribution in [1.29, 1.82) is 0 Å². The smallest absolute Gasteiger partial charge is 0.0724 e. The van der Waals surface area contributed by atoms with Crippen molar-refractivity contribution in [3.8, 4) is 0 Å². The van der Waals surface area contributed by atoms with Gasteiger partial charge in [0.1, 0.15) is 0 Å². The Morgan fingerprint density at radius 1 is 1.53 bits per heavy atom. The van der Waals surface area contributed by atoms with Crippen LogP contribution in [0, 0.1) is 0 Å². The van der Waals surface area contributed by atoms with Gasteiger partial charge in [-0.2, -0.15) is 11.3 Å². The predicted octanol–water partition coefficient (Wildman–Crippen LogP) is 2.45. The Kier molecular flexibility index (Phi) is 4.18. The summed E-state index contributed by atoms with van der Waals surface area (Å²) < 4.78 is 5.45. The Morgan fingerprint density at radius 3 is 3.20 bits per heavy atom. The highest BCUT2D eigenvalue weighted by Crippen LogP contribution is 2.21. The first-order valence-corrected chi connectivity index (χ1v) is 6.61. The van der Waals surface area contributed by atoms with Gasteiger partial charge in [-0.1, -0.05) is 0 Å². The van der Waals surface area contributed by atoms with Crippen LogP contribution >= 0.6 is 11.3 Å².